The average Bonchev–Trinajstić information content (AvgIpc) is 3.51. The van der Waals surface area contributed by atoms with E-state index < -0.39 is 22.8 Å². The van der Waals surface area contributed by atoms with Crippen molar-refractivity contribution in [2.24, 2.45) is 0 Å². The molecule has 3 aromatic rings. The van der Waals surface area contributed by atoms with E-state index >= 15 is 0 Å². The molecule has 1 N–H and O–H groups in total. The van der Waals surface area contributed by atoms with Gasteiger partial charge in [-0.3, -0.25) is 14.5 Å². The second kappa shape index (κ2) is 7.67. The number of halogens is 2. The Labute approximate surface area is 197 Å². The Balaban J connectivity index is 1.36. The Morgan fingerprint density at radius 1 is 1.24 bits per heavy atom. The van der Waals surface area contributed by atoms with E-state index in [-0.39, 0.29) is 52.4 Å². The minimum atomic E-state index is -0.693. The number of benzene rings is 1. The van der Waals surface area contributed by atoms with Gasteiger partial charge in [-0.1, -0.05) is 17.4 Å². The largest absolute Gasteiger partial charge is 0.503 e. The SMILES string of the molecule is C[C@H]1C2CCCN2[C@@H]2Cn3cc(-c4nnc(Cc5ccc(F)cc5F)s4)c(=O)c(O)c3C(=O)N12. The first kappa shape index (κ1) is 21.4. The van der Waals surface area contributed by atoms with Crippen molar-refractivity contribution in [3.8, 4) is 16.3 Å². The van der Waals surface area contributed by atoms with Crippen molar-refractivity contribution in [1.82, 2.24) is 24.6 Å². The first-order valence-electron chi connectivity index (χ1n) is 11.1. The van der Waals surface area contributed by atoms with Crippen molar-refractivity contribution in [3.63, 3.8) is 0 Å². The molecule has 11 heteroatoms. The third-order valence-corrected chi connectivity index (χ3v) is 8.11. The standard InChI is InChI=1S/C23H21F2N5O3S/c1-11-16-3-2-6-29(16)18-10-28-9-14(20(31)21(32)19(28)23(33)30(11)18)22-27-26-17(34-22)7-12-4-5-13(24)8-15(12)25/h4-5,8-9,11,16,18,32H,2-3,6-7,10H2,1H3/t11-,16?,18-/m0/s1. The molecule has 3 atom stereocenters. The monoisotopic (exact) mass is 485 g/mol. The van der Waals surface area contributed by atoms with Gasteiger partial charge in [0.1, 0.15) is 22.8 Å². The number of hydrogen-bond donors (Lipinski definition) is 1. The van der Waals surface area contributed by atoms with E-state index in [0.29, 0.717) is 11.6 Å². The summed E-state index contributed by atoms with van der Waals surface area (Å²) in [6, 6.07) is 3.62. The second-order valence-electron chi connectivity index (χ2n) is 9.02. The number of nitrogens with zero attached hydrogens (tertiary/aromatic N) is 5. The maximum atomic E-state index is 14.0. The number of aromatic nitrogens is 3. The molecule has 0 aliphatic carbocycles. The van der Waals surface area contributed by atoms with Gasteiger partial charge in [-0.05, 0) is 31.4 Å². The number of aromatic hydroxyl groups is 1. The summed E-state index contributed by atoms with van der Waals surface area (Å²) in [7, 11) is 0. The van der Waals surface area contributed by atoms with Crippen LogP contribution in [0.25, 0.3) is 10.6 Å². The molecule has 0 radical (unpaired) electrons. The minimum Gasteiger partial charge on any atom is -0.503 e. The molecule has 2 aromatic heterocycles. The van der Waals surface area contributed by atoms with Crippen LogP contribution in [0.5, 0.6) is 5.75 Å². The zero-order valence-corrected chi connectivity index (χ0v) is 19.1. The molecule has 5 heterocycles. The second-order valence-corrected chi connectivity index (χ2v) is 10.1. The molecule has 1 unspecified atom stereocenters. The van der Waals surface area contributed by atoms with Crippen LogP contribution < -0.4 is 5.43 Å². The maximum Gasteiger partial charge on any atom is 0.276 e. The lowest BCUT2D eigenvalue weighted by Gasteiger charge is -2.37. The molecule has 0 bridgehead atoms. The van der Waals surface area contributed by atoms with Crippen molar-refractivity contribution in [1.29, 1.82) is 0 Å². The molecule has 0 spiro atoms. The summed E-state index contributed by atoms with van der Waals surface area (Å²) in [5.74, 6) is -2.29. The lowest BCUT2D eigenvalue weighted by atomic mass is 10.1. The molecule has 6 rings (SSSR count). The molecular formula is C23H21F2N5O3S. The highest BCUT2D eigenvalue weighted by Gasteiger charge is 2.52. The van der Waals surface area contributed by atoms with E-state index in [4.69, 9.17) is 0 Å². The Kier molecular flexibility index (Phi) is 4.82. The van der Waals surface area contributed by atoms with Crippen molar-refractivity contribution < 1.29 is 18.7 Å². The molecule has 3 aliphatic heterocycles. The number of amides is 1. The smallest absolute Gasteiger partial charge is 0.276 e. The molecule has 0 saturated carbocycles. The predicted octanol–water partition coefficient (Wildman–Crippen LogP) is 2.59. The normalized spacial score (nSPS) is 23.8. The van der Waals surface area contributed by atoms with E-state index in [1.54, 1.807) is 15.7 Å². The average molecular weight is 486 g/mol. The zero-order valence-electron chi connectivity index (χ0n) is 18.2. The van der Waals surface area contributed by atoms with Crippen molar-refractivity contribution >= 4 is 17.2 Å². The molecule has 3 aliphatic rings. The van der Waals surface area contributed by atoms with E-state index in [1.807, 2.05) is 6.92 Å². The number of hydrogen-bond acceptors (Lipinski definition) is 7. The third-order valence-electron chi connectivity index (χ3n) is 7.15. The molecule has 1 aromatic carbocycles. The minimum absolute atomic E-state index is 0.00357. The van der Waals surface area contributed by atoms with Crippen LogP contribution in [0.4, 0.5) is 8.78 Å². The number of fused-ring (bicyclic) bond motifs is 4. The fraction of sp³-hybridized carbons (Fsp3) is 0.391. The van der Waals surface area contributed by atoms with Gasteiger partial charge in [0.15, 0.2) is 16.5 Å². The van der Waals surface area contributed by atoms with Crippen LogP contribution in [0.15, 0.2) is 29.2 Å². The van der Waals surface area contributed by atoms with Gasteiger partial charge in [0.2, 0.25) is 5.43 Å². The number of pyridine rings is 1. The maximum absolute atomic E-state index is 14.0. The van der Waals surface area contributed by atoms with Crippen LogP contribution in [0.2, 0.25) is 0 Å². The summed E-state index contributed by atoms with van der Waals surface area (Å²) in [5.41, 5.74) is -0.303. The predicted molar refractivity (Wildman–Crippen MR) is 120 cm³/mol. The van der Waals surface area contributed by atoms with Gasteiger partial charge >= 0.3 is 0 Å². The Morgan fingerprint density at radius 3 is 2.85 bits per heavy atom. The van der Waals surface area contributed by atoms with Crippen LogP contribution in [0.3, 0.4) is 0 Å². The van der Waals surface area contributed by atoms with Crippen LogP contribution in [-0.4, -0.2) is 60.4 Å². The Morgan fingerprint density at radius 2 is 2.06 bits per heavy atom. The first-order chi connectivity index (χ1) is 16.3. The van der Waals surface area contributed by atoms with Crippen molar-refractivity contribution in [2.45, 2.75) is 51.0 Å². The van der Waals surface area contributed by atoms with Gasteiger partial charge in [0.05, 0.1) is 12.1 Å². The molecule has 176 valence electrons. The van der Waals surface area contributed by atoms with Gasteiger partial charge in [0.25, 0.3) is 5.91 Å². The lowest BCUT2D eigenvalue weighted by Crippen LogP contribution is -2.51. The van der Waals surface area contributed by atoms with Gasteiger partial charge in [-0.15, -0.1) is 10.2 Å². The molecule has 34 heavy (non-hydrogen) atoms. The highest BCUT2D eigenvalue weighted by atomic mass is 32.1. The molecular weight excluding hydrogens is 464 g/mol. The number of carbonyl (C=O) groups excluding carboxylic acids is 1. The fourth-order valence-electron chi connectivity index (χ4n) is 5.56. The topological polar surface area (TPSA) is 91.6 Å². The molecule has 2 saturated heterocycles. The van der Waals surface area contributed by atoms with E-state index in [0.717, 1.165) is 36.8 Å². The van der Waals surface area contributed by atoms with Crippen LogP contribution in [0.1, 0.15) is 40.8 Å². The van der Waals surface area contributed by atoms with Gasteiger partial charge in [-0.2, -0.15) is 0 Å². The number of rotatable bonds is 3. The van der Waals surface area contributed by atoms with Gasteiger partial charge < -0.3 is 14.6 Å². The van der Waals surface area contributed by atoms with E-state index in [2.05, 4.69) is 15.1 Å². The Hall–Kier alpha value is -3.18. The fourth-order valence-corrected chi connectivity index (χ4v) is 6.43. The molecule has 2 fully saturated rings. The van der Waals surface area contributed by atoms with Gasteiger partial charge in [-0.25, -0.2) is 8.78 Å². The number of carbonyl (C=O) groups is 1. The first-order valence-corrected chi connectivity index (χ1v) is 12.0. The highest BCUT2D eigenvalue weighted by molar-refractivity contribution is 7.14. The van der Waals surface area contributed by atoms with Crippen molar-refractivity contribution in [3.05, 3.63) is 62.5 Å². The van der Waals surface area contributed by atoms with Crippen molar-refractivity contribution in [2.75, 3.05) is 6.54 Å². The van der Waals surface area contributed by atoms with E-state index in [9.17, 15) is 23.5 Å². The van der Waals surface area contributed by atoms with Crippen LogP contribution in [0, 0.1) is 11.6 Å². The molecule has 1 amide bonds. The molecule has 8 nitrogen and oxygen atoms in total. The Bertz CT molecular complexity index is 1390. The van der Waals surface area contributed by atoms with E-state index in [1.165, 1.54) is 12.1 Å². The van der Waals surface area contributed by atoms with Crippen LogP contribution in [-0.2, 0) is 13.0 Å². The highest BCUT2D eigenvalue weighted by Crippen LogP contribution is 2.39. The summed E-state index contributed by atoms with van der Waals surface area (Å²) < 4.78 is 28.8. The summed E-state index contributed by atoms with van der Waals surface area (Å²) in [5, 5.41) is 19.6. The lowest BCUT2D eigenvalue weighted by molar-refractivity contribution is 0.0462. The van der Waals surface area contributed by atoms with Crippen LogP contribution >= 0.6 is 11.3 Å². The zero-order chi connectivity index (χ0) is 23.7. The quantitative estimate of drug-likeness (QED) is 0.613. The summed E-state index contributed by atoms with van der Waals surface area (Å²) in [6.45, 7) is 3.37. The van der Waals surface area contributed by atoms with Gasteiger partial charge in [0, 0.05) is 37.3 Å². The third kappa shape index (κ3) is 3.10. The summed E-state index contributed by atoms with van der Waals surface area (Å²) >= 11 is 1.09. The summed E-state index contributed by atoms with van der Waals surface area (Å²) in [4.78, 5) is 30.4. The summed E-state index contributed by atoms with van der Waals surface area (Å²) in [6.07, 6.45) is 3.64.